The smallest absolute Gasteiger partial charge is 0.223 e. The molecule has 134 valence electrons. The molecule has 1 amide bonds. The second kappa shape index (κ2) is 8.17. The Bertz CT molecular complexity index is 766. The lowest BCUT2D eigenvalue weighted by Crippen LogP contribution is -2.37. The first-order chi connectivity index (χ1) is 12.0. The van der Waals surface area contributed by atoms with Crippen LogP contribution in [0.3, 0.4) is 0 Å². The van der Waals surface area contributed by atoms with Gasteiger partial charge < -0.3 is 14.7 Å². The molecule has 1 fully saturated rings. The van der Waals surface area contributed by atoms with Crippen molar-refractivity contribution in [3.05, 3.63) is 35.4 Å². The number of aryl methyl sites for hydroxylation is 2. The average molecular weight is 360 g/mol. The normalized spacial score (nSPS) is 18.4. The lowest BCUT2D eigenvalue weighted by molar-refractivity contribution is -0.131. The lowest BCUT2D eigenvalue weighted by atomic mass is 10.1. The fourth-order valence-corrected chi connectivity index (χ4v) is 3.88. The van der Waals surface area contributed by atoms with Crippen LogP contribution in [0.2, 0.25) is 0 Å². The van der Waals surface area contributed by atoms with Crippen LogP contribution in [0.4, 0.5) is 0 Å². The number of benzene rings is 1. The van der Waals surface area contributed by atoms with Crippen LogP contribution in [0, 0.1) is 13.8 Å². The second-order valence-corrected chi connectivity index (χ2v) is 7.58. The number of ether oxygens (including phenoxy) is 1. The summed E-state index contributed by atoms with van der Waals surface area (Å²) >= 11 is 1.60. The highest BCUT2D eigenvalue weighted by molar-refractivity contribution is 7.99. The zero-order chi connectivity index (χ0) is 17.8. The van der Waals surface area contributed by atoms with E-state index in [1.807, 2.05) is 6.07 Å². The van der Waals surface area contributed by atoms with Crippen LogP contribution < -0.4 is 0 Å². The van der Waals surface area contributed by atoms with Crippen molar-refractivity contribution in [3.63, 3.8) is 0 Å². The van der Waals surface area contributed by atoms with Crippen molar-refractivity contribution >= 4 is 28.6 Å². The van der Waals surface area contributed by atoms with Gasteiger partial charge in [0.05, 0.1) is 29.9 Å². The number of aliphatic hydroxyl groups is 1. The van der Waals surface area contributed by atoms with Crippen LogP contribution in [0.1, 0.15) is 17.5 Å². The predicted molar refractivity (Wildman–Crippen MR) is 100.0 cm³/mol. The Balaban J connectivity index is 1.59. The summed E-state index contributed by atoms with van der Waals surface area (Å²) in [7, 11) is 0. The molecule has 1 aliphatic heterocycles. The van der Waals surface area contributed by atoms with Crippen LogP contribution >= 0.6 is 11.8 Å². The van der Waals surface area contributed by atoms with Crippen molar-refractivity contribution < 1.29 is 14.6 Å². The number of hydrogen-bond acceptors (Lipinski definition) is 5. The first-order valence-corrected chi connectivity index (χ1v) is 9.56. The minimum Gasteiger partial charge on any atom is -0.389 e. The Hall–Kier alpha value is -1.63. The summed E-state index contributed by atoms with van der Waals surface area (Å²) in [5.74, 6) is 0.737. The fraction of sp³-hybridized carbons (Fsp3) is 0.474. The van der Waals surface area contributed by atoms with Crippen molar-refractivity contribution in [2.45, 2.75) is 31.4 Å². The van der Waals surface area contributed by atoms with Crippen molar-refractivity contribution in [3.8, 4) is 0 Å². The van der Waals surface area contributed by atoms with E-state index < -0.39 is 6.10 Å². The van der Waals surface area contributed by atoms with Crippen LogP contribution in [-0.2, 0) is 9.53 Å². The summed E-state index contributed by atoms with van der Waals surface area (Å²) in [6.07, 6.45) is -0.156. The number of amides is 1. The Morgan fingerprint density at radius 3 is 3.08 bits per heavy atom. The molecule has 1 saturated heterocycles. The standard InChI is InChI=1S/C19H24N2O3S/c1-13-3-4-17-16(9-13)14(2)10-18(20-17)25-8-5-19(23)21-6-7-24-12-15(22)11-21/h3-4,9-10,15,22H,5-8,11-12H2,1-2H3/t15-/m1/s1. The average Bonchev–Trinajstić information content (AvgIpc) is 2.80. The van der Waals surface area contributed by atoms with Gasteiger partial charge >= 0.3 is 0 Å². The Kier molecular flexibility index (Phi) is 5.93. The third-order valence-electron chi connectivity index (χ3n) is 4.31. The van der Waals surface area contributed by atoms with Gasteiger partial charge in [0.25, 0.3) is 0 Å². The van der Waals surface area contributed by atoms with Gasteiger partial charge in [0, 0.05) is 30.6 Å². The van der Waals surface area contributed by atoms with Crippen LogP contribution in [-0.4, -0.2) is 59.1 Å². The largest absolute Gasteiger partial charge is 0.389 e. The number of fused-ring (bicyclic) bond motifs is 1. The number of β-amino-alcohol motifs (C(OH)–C–C–N with tert-alkyl or cyclic N) is 1. The second-order valence-electron chi connectivity index (χ2n) is 6.46. The Labute approximate surface area is 152 Å². The number of hydrogen-bond donors (Lipinski definition) is 1. The number of carbonyl (C=O) groups is 1. The maximum absolute atomic E-state index is 12.3. The number of carbonyl (C=O) groups excluding carboxylic acids is 1. The summed E-state index contributed by atoms with van der Waals surface area (Å²) in [6, 6.07) is 8.35. The summed E-state index contributed by atoms with van der Waals surface area (Å²) in [5, 5.41) is 11.9. The van der Waals surface area contributed by atoms with E-state index in [2.05, 4.69) is 32.0 Å². The summed E-state index contributed by atoms with van der Waals surface area (Å²) < 4.78 is 5.26. The summed E-state index contributed by atoms with van der Waals surface area (Å²) in [6.45, 7) is 5.87. The number of rotatable bonds is 4. The molecule has 3 rings (SSSR count). The maximum Gasteiger partial charge on any atom is 0.223 e. The Morgan fingerprint density at radius 1 is 1.40 bits per heavy atom. The third kappa shape index (κ3) is 4.71. The first kappa shape index (κ1) is 18.2. The third-order valence-corrected chi connectivity index (χ3v) is 5.23. The van der Waals surface area contributed by atoms with E-state index in [0.717, 1.165) is 10.5 Å². The molecule has 1 atom stereocenters. The summed E-state index contributed by atoms with van der Waals surface area (Å²) in [5.41, 5.74) is 3.43. The first-order valence-electron chi connectivity index (χ1n) is 8.57. The van der Waals surface area contributed by atoms with Crippen molar-refractivity contribution in [2.75, 3.05) is 32.1 Å². The molecule has 25 heavy (non-hydrogen) atoms. The molecule has 1 aromatic carbocycles. The molecule has 0 aliphatic carbocycles. The zero-order valence-corrected chi connectivity index (χ0v) is 15.5. The molecule has 0 unspecified atom stereocenters. The van der Waals surface area contributed by atoms with Crippen LogP contribution in [0.15, 0.2) is 29.3 Å². The molecule has 0 spiro atoms. The van der Waals surface area contributed by atoms with Gasteiger partial charge in [0.2, 0.25) is 5.91 Å². The topological polar surface area (TPSA) is 62.7 Å². The van der Waals surface area contributed by atoms with Crippen molar-refractivity contribution in [1.29, 1.82) is 0 Å². The highest BCUT2D eigenvalue weighted by atomic mass is 32.2. The molecule has 1 N–H and O–H groups in total. The molecule has 5 nitrogen and oxygen atoms in total. The molecule has 1 aliphatic rings. The SMILES string of the molecule is Cc1ccc2nc(SCCC(=O)N3CCOC[C@H](O)C3)cc(C)c2c1. The number of aromatic nitrogens is 1. The van der Waals surface area contributed by atoms with E-state index >= 15 is 0 Å². The predicted octanol–water partition coefficient (Wildman–Crippen LogP) is 2.55. The molecular weight excluding hydrogens is 336 g/mol. The van der Waals surface area contributed by atoms with E-state index in [1.165, 1.54) is 16.5 Å². The zero-order valence-electron chi connectivity index (χ0n) is 14.7. The van der Waals surface area contributed by atoms with Gasteiger partial charge in [-0.15, -0.1) is 11.8 Å². The number of nitrogens with zero attached hydrogens (tertiary/aromatic N) is 2. The molecule has 6 heteroatoms. The van der Waals surface area contributed by atoms with Gasteiger partial charge in [-0.25, -0.2) is 4.98 Å². The maximum atomic E-state index is 12.3. The minimum atomic E-state index is -0.590. The fourth-order valence-electron chi connectivity index (χ4n) is 2.97. The quantitative estimate of drug-likeness (QED) is 0.849. The number of thioether (sulfide) groups is 1. The van der Waals surface area contributed by atoms with E-state index in [1.54, 1.807) is 16.7 Å². The Morgan fingerprint density at radius 2 is 2.24 bits per heavy atom. The molecule has 0 radical (unpaired) electrons. The van der Waals surface area contributed by atoms with Gasteiger partial charge in [0.1, 0.15) is 0 Å². The van der Waals surface area contributed by atoms with E-state index in [-0.39, 0.29) is 5.91 Å². The molecule has 2 aromatic rings. The van der Waals surface area contributed by atoms with Gasteiger partial charge in [-0.1, -0.05) is 11.6 Å². The molecule has 0 saturated carbocycles. The molecule has 0 bridgehead atoms. The van der Waals surface area contributed by atoms with E-state index in [0.29, 0.717) is 38.5 Å². The van der Waals surface area contributed by atoms with Crippen LogP contribution in [0.25, 0.3) is 10.9 Å². The van der Waals surface area contributed by atoms with Gasteiger partial charge in [-0.05, 0) is 37.6 Å². The van der Waals surface area contributed by atoms with E-state index in [9.17, 15) is 9.90 Å². The van der Waals surface area contributed by atoms with Gasteiger partial charge in [0.15, 0.2) is 0 Å². The van der Waals surface area contributed by atoms with Crippen LogP contribution in [0.5, 0.6) is 0 Å². The van der Waals surface area contributed by atoms with E-state index in [4.69, 9.17) is 9.72 Å². The molecular formula is C19H24N2O3S. The van der Waals surface area contributed by atoms with Crippen molar-refractivity contribution in [2.24, 2.45) is 0 Å². The minimum absolute atomic E-state index is 0.0604. The van der Waals surface area contributed by atoms with Gasteiger partial charge in [-0.3, -0.25) is 4.79 Å². The number of pyridine rings is 1. The molecule has 2 heterocycles. The number of aliphatic hydroxyl groups excluding tert-OH is 1. The lowest BCUT2D eigenvalue weighted by Gasteiger charge is -2.21. The molecule has 1 aromatic heterocycles. The van der Waals surface area contributed by atoms with Gasteiger partial charge in [-0.2, -0.15) is 0 Å². The van der Waals surface area contributed by atoms with Crippen molar-refractivity contribution in [1.82, 2.24) is 9.88 Å². The highest BCUT2D eigenvalue weighted by Crippen LogP contribution is 2.25. The monoisotopic (exact) mass is 360 g/mol. The highest BCUT2D eigenvalue weighted by Gasteiger charge is 2.20. The summed E-state index contributed by atoms with van der Waals surface area (Å²) in [4.78, 5) is 18.7.